The van der Waals surface area contributed by atoms with Crippen LogP contribution in [0.2, 0.25) is 0 Å². The molecule has 1 aromatic heterocycles. The fourth-order valence-corrected chi connectivity index (χ4v) is 8.78. The SMILES string of the molecule is NC(=O)C12CC3C[C@H](C1)C(NC(=O)N1CCN(c4ccc(N5CCC(C(F)(F)F)CC5)cn4)c4ccccc41)[C@@H](C3)C2. The highest BCUT2D eigenvalue weighted by molar-refractivity contribution is 5.98. The molecule has 2 aromatic rings. The van der Waals surface area contributed by atoms with Gasteiger partial charge < -0.3 is 20.9 Å². The molecule has 4 aliphatic carbocycles. The van der Waals surface area contributed by atoms with Gasteiger partial charge >= 0.3 is 12.2 Å². The number of carbonyl (C=O) groups is 2. The van der Waals surface area contributed by atoms with Gasteiger partial charge in [-0.1, -0.05) is 12.1 Å². The Balaban J connectivity index is 1.04. The summed E-state index contributed by atoms with van der Waals surface area (Å²) in [5.41, 5.74) is 7.96. The Morgan fingerprint density at radius 2 is 1.62 bits per heavy atom. The van der Waals surface area contributed by atoms with E-state index in [0.717, 1.165) is 55.0 Å². The highest BCUT2D eigenvalue weighted by atomic mass is 19.4. The van der Waals surface area contributed by atoms with Crippen LogP contribution < -0.4 is 25.8 Å². The first kappa shape index (κ1) is 27.3. The molecule has 224 valence electrons. The average Bonchev–Trinajstić information content (AvgIpc) is 2.97. The molecular formula is C31H37F3N6O2. The number of para-hydroxylation sites is 2. The van der Waals surface area contributed by atoms with Gasteiger partial charge in [0.1, 0.15) is 5.82 Å². The molecule has 5 fully saturated rings. The summed E-state index contributed by atoms with van der Waals surface area (Å²) in [4.78, 5) is 36.6. The molecule has 8 rings (SSSR count). The Morgan fingerprint density at radius 3 is 2.24 bits per heavy atom. The Bertz CT molecular complexity index is 1340. The van der Waals surface area contributed by atoms with E-state index in [2.05, 4.69) is 15.2 Å². The molecule has 1 saturated heterocycles. The molecule has 0 spiro atoms. The van der Waals surface area contributed by atoms with Crippen molar-refractivity contribution in [1.29, 1.82) is 0 Å². The van der Waals surface area contributed by atoms with Gasteiger partial charge in [-0.05, 0) is 87.0 Å². The molecule has 42 heavy (non-hydrogen) atoms. The zero-order valence-electron chi connectivity index (χ0n) is 23.5. The fraction of sp³-hybridized carbons (Fsp3) is 0.581. The molecule has 8 nitrogen and oxygen atoms in total. The minimum Gasteiger partial charge on any atom is -0.370 e. The minimum absolute atomic E-state index is 0.0575. The van der Waals surface area contributed by atoms with E-state index in [1.807, 2.05) is 41.3 Å². The van der Waals surface area contributed by atoms with Crippen molar-refractivity contribution in [3.8, 4) is 0 Å². The summed E-state index contributed by atoms with van der Waals surface area (Å²) in [6.07, 6.45) is 2.32. The third kappa shape index (κ3) is 4.65. The number of urea groups is 1. The number of primary amides is 1. The smallest absolute Gasteiger partial charge is 0.370 e. The number of fused-ring (bicyclic) bond motifs is 1. The van der Waals surface area contributed by atoms with Crippen molar-refractivity contribution in [3.05, 3.63) is 42.6 Å². The van der Waals surface area contributed by atoms with E-state index in [0.29, 0.717) is 32.1 Å². The summed E-state index contributed by atoms with van der Waals surface area (Å²) in [5, 5.41) is 3.36. The van der Waals surface area contributed by atoms with Gasteiger partial charge in [0.05, 0.1) is 29.2 Å². The van der Waals surface area contributed by atoms with Crippen LogP contribution in [0.5, 0.6) is 0 Å². The maximum Gasteiger partial charge on any atom is 0.391 e. The molecule has 3 heterocycles. The number of hydrogen-bond donors (Lipinski definition) is 2. The lowest BCUT2D eigenvalue weighted by molar-refractivity contribution is -0.179. The van der Waals surface area contributed by atoms with Gasteiger partial charge in [-0.15, -0.1) is 0 Å². The largest absolute Gasteiger partial charge is 0.391 e. The van der Waals surface area contributed by atoms with Crippen LogP contribution in [0.1, 0.15) is 44.9 Å². The van der Waals surface area contributed by atoms with Crippen molar-refractivity contribution >= 4 is 34.8 Å². The number of alkyl halides is 3. The summed E-state index contributed by atoms with van der Waals surface area (Å²) in [5.74, 6) is 0.412. The lowest BCUT2D eigenvalue weighted by Gasteiger charge is -2.59. The number of benzene rings is 1. The topological polar surface area (TPSA) is 94.8 Å². The Morgan fingerprint density at radius 1 is 0.929 bits per heavy atom. The van der Waals surface area contributed by atoms with Gasteiger partial charge in [-0.25, -0.2) is 9.78 Å². The zero-order chi connectivity index (χ0) is 29.2. The lowest BCUT2D eigenvalue weighted by Crippen LogP contribution is -2.63. The second-order valence-electron chi connectivity index (χ2n) is 13.1. The molecule has 2 aliphatic heterocycles. The third-order valence-electron chi connectivity index (χ3n) is 10.7. The monoisotopic (exact) mass is 582 g/mol. The van der Waals surface area contributed by atoms with Gasteiger partial charge in [-0.2, -0.15) is 13.2 Å². The van der Waals surface area contributed by atoms with Crippen molar-refractivity contribution in [3.63, 3.8) is 0 Å². The second kappa shape index (κ2) is 10.1. The number of rotatable bonds is 4. The molecule has 6 aliphatic rings. The summed E-state index contributed by atoms with van der Waals surface area (Å²) < 4.78 is 39.2. The molecule has 1 aromatic carbocycles. The molecule has 3 N–H and O–H groups in total. The van der Waals surface area contributed by atoms with Crippen LogP contribution in [0.3, 0.4) is 0 Å². The zero-order valence-corrected chi connectivity index (χ0v) is 23.5. The number of hydrogen-bond acceptors (Lipinski definition) is 5. The fourth-order valence-electron chi connectivity index (χ4n) is 8.78. The lowest BCUT2D eigenvalue weighted by atomic mass is 9.47. The van der Waals surface area contributed by atoms with Crippen molar-refractivity contribution < 1.29 is 22.8 Å². The van der Waals surface area contributed by atoms with E-state index in [9.17, 15) is 22.8 Å². The highest BCUT2D eigenvalue weighted by Crippen LogP contribution is 2.60. The highest BCUT2D eigenvalue weighted by Gasteiger charge is 2.58. The molecule has 3 amide bonds. The van der Waals surface area contributed by atoms with Gasteiger partial charge in [0.25, 0.3) is 0 Å². The predicted molar refractivity (Wildman–Crippen MR) is 154 cm³/mol. The molecular weight excluding hydrogens is 545 g/mol. The van der Waals surface area contributed by atoms with Crippen LogP contribution in [-0.2, 0) is 4.79 Å². The van der Waals surface area contributed by atoms with Crippen LogP contribution in [0.15, 0.2) is 42.6 Å². The summed E-state index contributed by atoms with van der Waals surface area (Å²) in [7, 11) is 0. The van der Waals surface area contributed by atoms with E-state index in [-0.39, 0.29) is 42.7 Å². The van der Waals surface area contributed by atoms with Crippen molar-refractivity contribution in [2.75, 3.05) is 40.9 Å². The second-order valence-corrected chi connectivity index (χ2v) is 13.1. The van der Waals surface area contributed by atoms with E-state index >= 15 is 0 Å². The Hall–Kier alpha value is -3.50. The van der Waals surface area contributed by atoms with Crippen LogP contribution in [0, 0.1) is 29.1 Å². The number of halogens is 3. The van der Waals surface area contributed by atoms with Crippen LogP contribution in [-0.4, -0.2) is 55.3 Å². The maximum absolute atomic E-state index is 13.7. The van der Waals surface area contributed by atoms with Gasteiger partial charge in [0.2, 0.25) is 5.91 Å². The van der Waals surface area contributed by atoms with E-state index < -0.39 is 17.5 Å². The predicted octanol–water partition coefficient (Wildman–Crippen LogP) is 5.21. The van der Waals surface area contributed by atoms with Crippen molar-refractivity contribution in [2.45, 2.75) is 57.2 Å². The number of piperidine rings is 1. The van der Waals surface area contributed by atoms with Crippen LogP contribution in [0.25, 0.3) is 0 Å². The quantitative estimate of drug-likeness (QED) is 0.517. The first-order valence-electron chi connectivity index (χ1n) is 15.1. The van der Waals surface area contributed by atoms with Gasteiger partial charge in [-0.3, -0.25) is 9.69 Å². The maximum atomic E-state index is 13.7. The van der Waals surface area contributed by atoms with Crippen LogP contribution in [0.4, 0.5) is 40.8 Å². The number of pyridine rings is 1. The minimum atomic E-state index is -4.13. The molecule has 11 heteroatoms. The molecule has 4 saturated carbocycles. The number of nitrogens with zero attached hydrogens (tertiary/aromatic N) is 4. The molecule has 3 unspecified atom stereocenters. The molecule has 4 bridgehead atoms. The van der Waals surface area contributed by atoms with Gasteiger partial charge in [0.15, 0.2) is 0 Å². The number of anilines is 4. The number of nitrogens with one attached hydrogen (secondary N) is 1. The summed E-state index contributed by atoms with van der Waals surface area (Å²) >= 11 is 0. The summed E-state index contributed by atoms with van der Waals surface area (Å²) in [6, 6.07) is 11.5. The first-order valence-corrected chi connectivity index (χ1v) is 15.1. The number of carbonyl (C=O) groups excluding carboxylic acids is 2. The Labute approximate surface area is 243 Å². The van der Waals surface area contributed by atoms with E-state index in [4.69, 9.17) is 5.73 Å². The van der Waals surface area contributed by atoms with Crippen molar-refractivity contribution in [1.82, 2.24) is 10.3 Å². The molecule has 5 atom stereocenters. The number of amides is 3. The van der Waals surface area contributed by atoms with E-state index in [1.165, 1.54) is 0 Å². The normalized spacial score (nSPS) is 30.8. The van der Waals surface area contributed by atoms with Crippen LogP contribution >= 0.6 is 0 Å². The number of aromatic nitrogens is 1. The summed E-state index contributed by atoms with van der Waals surface area (Å²) in [6.45, 7) is 1.74. The average molecular weight is 583 g/mol. The van der Waals surface area contributed by atoms with E-state index in [1.54, 1.807) is 11.1 Å². The standard InChI is InChI=1S/C31H37F3N6O2/c32-31(33,34)22-7-9-38(10-8-22)23-5-6-26(36-18-23)39-11-12-40(25-4-2-1-3-24(25)39)29(42)37-27-20-13-19-14-21(27)17-30(15-19,16-20)28(35)41/h1-6,18-22,27H,7-17H2,(H2,35,41)(H,37,42)/t19?,20-,21+,27?,30?. The first-order chi connectivity index (χ1) is 20.1. The number of nitrogens with two attached hydrogens (primary N) is 1. The van der Waals surface area contributed by atoms with Gasteiger partial charge in [0, 0.05) is 37.6 Å². The third-order valence-corrected chi connectivity index (χ3v) is 10.7. The van der Waals surface area contributed by atoms with Crippen molar-refractivity contribution in [2.24, 2.45) is 34.8 Å². The molecule has 0 radical (unpaired) electrons. The Kier molecular flexibility index (Phi) is 6.54.